The highest BCUT2D eigenvalue weighted by Crippen LogP contribution is 2.30. The average Bonchev–Trinajstić information content (AvgIpc) is 3.04. The number of nitrogens with one attached hydrogen (secondary N) is 2. The first-order chi connectivity index (χ1) is 13.4. The summed E-state index contributed by atoms with van der Waals surface area (Å²) in [5.74, 6) is 0.711. The van der Waals surface area contributed by atoms with Crippen LogP contribution in [0.25, 0.3) is 0 Å². The van der Waals surface area contributed by atoms with Crippen LogP contribution in [0, 0.1) is 5.92 Å². The zero-order chi connectivity index (χ0) is 18.3. The molecule has 1 saturated carbocycles. The minimum absolute atomic E-state index is 0. The highest BCUT2D eigenvalue weighted by molar-refractivity contribution is 5.85. The van der Waals surface area contributed by atoms with Crippen molar-refractivity contribution in [2.45, 2.75) is 70.1 Å². The number of rotatable bonds is 6. The second kappa shape index (κ2) is 11.5. The van der Waals surface area contributed by atoms with Gasteiger partial charge in [0, 0.05) is 31.7 Å². The van der Waals surface area contributed by atoms with E-state index >= 15 is 0 Å². The number of morpholine rings is 1. The summed E-state index contributed by atoms with van der Waals surface area (Å²) in [6.07, 6.45) is 9.51. The van der Waals surface area contributed by atoms with E-state index in [1.54, 1.807) is 0 Å². The van der Waals surface area contributed by atoms with Crippen molar-refractivity contribution in [2.24, 2.45) is 5.92 Å². The number of hydrogen-bond acceptors (Lipinski definition) is 4. The summed E-state index contributed by atoms with van der Waals surface area (Å²) in [4.78, 5) is 2.66. The smallest absolute Gasteiger partial charge is 0.0623 e. The number of benzene rings is 1. The van der Waals surface area contributed by atoms with Crippen molar-refractivity contribution >= 4 is 12.4 Å². The molecule has 4 nitrogen and oxygen atoms in total. The van der Waals surface area contributed by atoms with Crippen LogP contribution in [0.15, 0.2) is 24.3 Å². The summed E-state index contributed by atoms with van der Waals surface area (Å²) in [7, 11) is 0. The van der Waals surface area contributed by atoms with Gasteiger partial charge in [-0.2, -0.15) is 0 Å². The van der Waals surface area contributed by atoms with Crippen LogP contribution in [0.5, 0.6) is 0 Å². The molecule has 5 heteroatoms. The van der Waals surface area contributed by atoms with Crippen molar-refractivity contribution in [1.82, 2.24) is 15.5 Å². The van der Waals surface area contributed by atoms with Gasteiger partial charge in [-0.15, -0.1) is 12.4 Å². The molecule has 0 bridgehead atoms. The SMILES string of the molecule is Cl.c1ccc(CN2CCCCCC2)c(CNC2CCCC2C2COCCN2)c1. The van der Waals surface area contributed by atoms with Crippen molar-refractivity contribution in [2.75, 3.05) is 32.8 Å². The van der Waals surface area contributed by atoms with E-state index in [0.717, 1.165) is 32.8 Å². The van der Waals surface area contributed by atoms with Gasteiger partial charge in [-0.25, -0.2) is 0 Å². The Hall–Kier alpha value is -0.650. The predicted molar refractivity (Wildman–Crippen MR) is 118 cm³/mol. The van der Waals surface area contributed by atoms with E-state index < -0.39 is 0 Å². The van der Waals surface area contributed by atoms with E-state index in [1.165, 1.54) is 69.2 Å². The molecule has 3 atom stereocenters. The molecule has 0 aromatic heterocycles. The minimum atomic E-state index is 0. The van der Waals surface area contributed by atoms with Crippen LogP contribution in [0.2, 0.25) is 0 Å². The molecule has 4 rings (SSSR count). The first-order valence-electron chi connectivity index (χ1n) is 11.2. The van der Waals surface area contributed by atoms with Gasteiger partial charge in [0.05, 0.1) is 13.2 Å². The molecule has 1 aromatic carbocycles. The van der Waals surface area contributed by atoms with E-state index in [9.17, 15) is 0 Å². The fourth-order valence-electron chi connectivity index (χ4n) is 5.24. The normalized spacial score (nSPS) is 29.2. The predicted octanol–water partition coefficient (Wildman–Crippen LogP) is 3.73. The Kier molecular flexibility index (Phi) is 9.06. The highest BCUT2D eigenvalue weighted by atomic mass is 35.5. The molecule has 158 valence electrons. The summed E-state index contributed by atoms with van der Waals surface area (Å²) in [5.41, 5.74) is 3.00. The van der Waals surface area contributed by atoms with Gasteiger partial charge in [0.25, 0.3) is 0 Å². The second-order valence-electron chi connectivity index (χ2n) is 8.68. The molecule has 3 fully saturated rings. The third kappa shape index (κ3) is 5.93. The lowest BCUT2D eigenvalue weighted by Crippen LogP contribution is -2.50. The summed E-state index contributed by atoms with van der Waals surface area (Å²) >= 11 is 0. The topological polar surface area (TPSA) is 36.5 Å². The molecule has 28 heavy (non-hydrogen) atoms. The molecule has 2 heterocycles. The standard InChI is InChI=1S/C23H37N3O.ClH/c1-2-6-14-26(13-5-1)17-20-9-4-3-8-19(20)16-25-22-11-7-10-21(22)23-18-27-15-12-24-23;/h3-4,8-9,21-25H,1-2,5-7,10-18H2;1H. The highest BCUT2D eigenvalue weighted by Gasteiger charge is 2.34. The van der Waals surface area contributed by atoms with Crippen LogP contribution in [-0.4, -0.2) is 49.8 Å². The molecule has 1 aliphatic carbocycles. The Morgan fingerprint density at radius 1 is 1.00 bits per heavy atom. The van der Waals surface area contributed by atoms with Crippen LogP contribution in [0.4, 0.5) is 0 Å². The van der Waals surface area contributed by atoms with E-state index in [0.29, 0.717) is 18.0 Å². The van der Waals surface area contributed by atoms with Crippen LogP contribution in [0.1, 0.15) is 56.1 Å². The fourth-order valence-corrected chi connectivity index (χ4v) is 5.24. The van der Waals surface area contributed by atoms with Gasteiger partial charge in [-0.05, 0) is 55.8 Å². The van der Waals surface area contributed by atoms with E-state index in [1.807, 2.05) is 0 Å². The quantitative estimate of drug-likeness (QED) is 0.753. The first-order valence-corrected chi connectivity index (χ1v) is 11.2. The number of halogens is 1. The molecule has 0 radical (unpaired) electrons. The van der Waals surface area contributed by atoms with Gasteiger partial charge in [-0.1, -0.05) is 43.5 Å². The zero-order valence-corrected chi connectivity index (χ0v) is 18.0. The Morgan fingerprint density at radius 2 is 1.79 bits per heavy atom. The average molecular weight is 408 g/mol. The van der Waals surface area contributed by atoms with Crippen molar-refractivity contribution < 1.29 is 4.74 Å². The molecule has 2 saturated heterocycles. The Morgan fingerprint density at radius 3 is 2.54 bits per heavy atom. The molecule has 2 aliphatic heterocycles. The Balaban J connectivity index is 0.00000225. The maximum atomic E-state index is 5.72. The molecule has 1 aromatic rings. The summed E-state index contributed by atoms with van der Waals surface area (Å²) in [5, 5.41) is 7.61. The molecule has 3 unspecified atom stereocenters. The van der Waals surface area contributed by atoms with Gasteiger partial charge in [0.2, 0.25) is 0 Å². The maximum absolute atomic E-state index is 5.72. The maximum Gasteiger partial charge on any atom is 0.0623 e. The van der Waals surface area contributed by atoms with Gasteiger partial charge in [0.1, 0.15) is 0 Å². The van der Waals surface area contributed by atoms with Crippen molar-refractivity contribution in [1.29, 1.82) is 0 Å². The van der Waals surface area contributed by atoms with Crippen molar-refractivity contribution in [3.63, 3.8) is 0 Å². The molecular weight excluding hydrogens is 370 g/mol. The lowest BCUT2D eigenvalue weighted by atomic mass is 9.93. The van der Waals surface area contributed by atoms with Crippen LogP contribution in [-0.2, 0) is 17.8 Å². The Bertz CT molecular complexity index is 571. The van der Waals surface area contributed by atoms with Crippen molar-refractivity contribution in [3.05, 3.63) is 35.4 Å². The third-order valence-corrected chi connectivity index (χ3v) is 6.80. The number of likely N-dealkylation sites (tertiary alicyclic amines) is 1. The molecule has 3 aliphatic rings. The fraction of sp³-hybridized carbons (Fsp3) is 0.739. The van der Waals surface area contributed by atoms with Gasteiger partial charge in [-0.3, -0.25) is 4.90 Å². The molecule has 2 N–H and O–H groups in total. The number of hydrogen-bond donors (Lipinski definition) is 2. The zero-order valence-electron chi connectivity index (χ0n) is 17.2. The second-order valence-corrected chi connectivity index (χ2v) is 8.68. The lowest BCUT2D eigenvalue weighted by Gasteiger charge is -2.33. The molecule has 0 spiro atoms. The summed E-state index contributed by atoms with van der Waals surface area (Å²) < 4.78 is 5.72. The van der Waals surface area contributed by atoms with E-state index in [-0.39, 0.29) is 12.4 Å². The van der Waals surface area contributed by atoms with Gasteiger partial charge in [0.15, 0.2) is 0 Å². The number of nitrogens with zero attached hydrogens (tertiary/aromatic N) is 1. The van der Waals surface area contributed by atoms with Crippen LogP contribution < -0.4 is 10.6 Å². The molecular formula is C23H38ClN3O. The summed E-state index contributed by atoms with van der Waals surface area (Å²) in [6.45, 7) is 7.40. The van der Waals surface area contributed by atoms with E-state index in [4.69, 9.17) is 4.74 Å². The number of ether oxygens (including phenoxy) is 1. The minimum Gasteiger partial charge on any atom is -0.379 e. The third-order valence-electron chi connectivity index (χ3n) is 6.80. The van der Waals surface area contributed by atoms with E-state index in [2.05, 4.69) is 39.8 Å². The first kappa shape index (κ1) is 22.0. The lowest BCUT2D eigenvalue weighted by molar-refractivity contribution is 0.0524. The van der Waals surface area contributed by atoms with Crippen molar-refractivity contribution in [3.8, 4) is 0 Å². The molecule has 0 amide bonds. The van der Waals surface area contributed by atoms with Crippen LogP contribution in [0.3, 0.4) is 0 Å². The largest absolute Gasteiger partial charge is 0.379 e. The Labute approximate surface area is 177 Å². The summed E-state index contributed by atoms with van der Waals surface area (Å²) in [6, 6.07) is 10.2. The van der Waals surface area contributed by atoms with Gasteiger partial charge >= 0.3 is 0 Å². The van der Waals surface area contributed by atoms with Gasteiger partial charge < -0.3 is 15.4 Å². The van der Waals surface area contributed by atoms with Crippen LogP contribution >= 0.6 is 12.4 Å². The monoisotopic (exact) mass is 407 g/mol.